The Hall–Kier alpha value is -1.55. The van der Waals surface area contributed by atoms with Crippen molar-refractivity contribution < 1.29 is 15.0 Å². The average Bonchev–Trinajstić information content (AvgIpc) is 2.17. The van der Waals surface area contributed by atoms with Crippen LogP contribution in [0, 0.1) is 0 Å². The average molecular weight is 209 g/mol. The van der Waals surface area contributed by atoms with Crippen LogP contribution in [0.25, 0.3) is 0 Å². The number of carboxylic acid groups (broad SMARTS) is 1. The van der Waals surface area contributed by atoms with E-state index in [9.17, 15) is 9.90 Å². The Kier molecular flexibility index (Phi) is 3.31. The third-order valence-electron chi connectivity index (χ3n) is 2.49. The molecule has 0 spiro atoms. The van der Waals surface area contributed by atoms with Gasteiger partial charge in [0, 0.05) is 6.42 Å². The van der Waals surface area contributed by atoms with Gasteiger partial charge in [0.05, 0.1) is 0 Å². The van der Waals surface area contributed by atoms with E-state index in [1.165, 1.54) is 12.1 Å². The van der Waals surface area contributed by atoms with Gasteiger partial charge < -0.3 is 15.9 Å². The zero-order chi connectivity index (χ0) is 11.5. The summed E-state index contributed by atoms with van der Waals surface area (Å²) in [6.07, 6.45) is 0.561. The van der Waals surface area contributed by atoms with Crippen LogP contribution in [0.2, 0.25) is 0 Å². The molecule has 4 heteroatoms. The lowest BCUT2D eigenvalue weighted by Gasteiger charge is -2.22. The van der Waals surface area contributed by atoms with Gasteiger partial charge in [0.25, 0.3) is 0 Å². The predicted octanol–water partition coefficient (Wildman–Crippen LogP) is 1.13. The minimum Gasteiger partial charge on any atom is -0.508 e. The fraction of sp³-hybridized carbons (Fsp3) is 0.364. The molecule has 0 fully saturated rings. The maximum absolute atomic E-state index is 11.0. The largest absolute Gasteiger partial charge is 0.508 e. The van der Waals surface area contributed by atoms with Crippen LogP contribution in [-0.2, 0) is 11.2 Å². The second-order valence-corrected chi connectivity index (χ2v) is 3.66. The molecule has 1 atom stereocenters. The van der Waals surface area contributed by atoms with E-state index in [1.807, 2.05) is 0 Å². The number of phenols is 1. The minimum atomic E-state index is -1.26. The fourth-order valence-corrected chi connectivity index (χ4v) is 1.38. The third kappa shape index (κ3) is 2.70. The summed E-state index contributed by atoms with van der Waals surface area (Å²) < 4.78 is 0. The summed E-state index contributed by atoms with van der Waals surface area (Å²) in [5.41, 5.74) is 5.21. The van der Waals surface area contributed by atoms with Gasteiger partial charge >= 0.3 is 5.97 Å². The van der Waals surface area contributed by atoms with Gasteiger partial charge in [0.15, 0.2) is 0 Å². The predicted molar refractivity (Wildman–Crippen MR) is 56.7 cm³/mol. The molecule has 0 aliphatic carbocycles. The molecule has 0 aliphatic heterocycles. The molecule has 0 saturated heterocycles. The van der Waals surface area contributed by atoms with E-state index in [2.05, 4.69) is 0 Å². The summed E-state index contributed by atoms with van der Waals surface area (Å²) in [5.74, 6) is -0.898. The molecule has 0 radical (unpaired) electrons. The standard InChI is InChI=1S/C11H15NO3/c1-2-11(12,10(14)15)7-8-4-3-5-9(13)6-8/h3-6,13H,2,7,12H2,1H3,(H,14,15)/t11-/m0/s1. The van der Waals surface area contributed by atoms with Crippen LogP contribution in [0.1, 0.15) is 18.9 Å². The van der Waals surface area contributed by atoms with Gasteiger partial charge in [-0.15, -0.1) is 0 Å². The lowest BCUT2D eigenvalue weighted by molar-refractivity contribution is -0.143. The van der Waals surface area contributed by atoms with E-state index in [0.717, 1.165) is 5.56 Å². The van der Waals surface area contributed by atoms with Crippen molar-refractivity contribution in [3.63, 3.8) is 0 Å². The highest BCUT2D eigenvalue weighted by Gasteiger charge is 2.31. The summed E-state index contributed by atoms with van der Waals surface area (Å²) >= 11 is 0. The van der Waals surface area contributed by atoms with E-state index in [4.69, 9.17) is 10.8 Å². The number of rotatable bonds is 4. The first-order chi connectivity index (χ1) is 6.98. The molecule has 82 valence electrons. The molecule has 0 unspecified atom stereocenters. The van der Waals surface area contributed by atoms with Gasteiger partial charge in [-0.05, 0) is 24.1 Å². The highest BCUT2D eigenvalue weighted by atomic mass is 16.4. The van der Waals surface area contributed by atoms with Crippen molar-refractivity contribution in [2.45, 2.75) is 25.3 Å². The van der Waals surface area contributed by atoms with Crippen molar-refractivity contribution in [3.05, 3.63) is 29.8 Å². The molecular formula is C11H15NO3. The van der Waals surface area contributed by atoms with Crippen LogP contribution in [0.5, 0.6) is 5.75 Å². The van der Waals surface area contributed by atoms with Crippen molar-refractivity contribution in [3.8, 4) is 5.75 Å². The van der Waals surface area contributed by atoms with E-state index in [1.54, 1.807) is 19.1 Å². The fourth-order valence-electron chi connectivity index (χ4n) is 1.38. The zero-order valence-electron chi connectivity index (χ0n) is 8.60. The van der Waals surface area contributed by atoms with Crippen molar-refractivity contribution >= 4 is 5.97 Å². The molecule has 4 nitrogen and oxygen atoms in total. The van der Waals surface area contributed by atoms with Crippen molar-refractivity contribution in [2.75, 3.05) is 0 Å². The molecular weight excluding hydrogens is 194 g/mol. The Morgan fingerprint density at radius 1 is 1.53 bits per heavy atom. The van der Waals surface area contributed by atoms with Crippen molar-refractivity contribution in [1.29, 1.82) is 0 Å². The van der Waals surface area contributed by atoms with Crippen LogP contribution in [-0.4, -0.2) is 21.7 Å². The second kappa shape index (κ2) is 4.31. The Morgan fingerprint density at radius 2 is 2.20 bits per heavy atom. The number of hydrogen-bond acceptors (Lipinski definition) is 3. The number of phenolic OH excluding ortho intramolecular Hbond substituents is 1. The molecule has 0 bridgehead atoms. The maximum Gasteiger partial charge on any atom is 0.324 e. The topological polar surface area (TPSA) is 83.5 Å². The second-order valence-electron chi connectivity index (χ2n) is 3.66. The minimum absolute atomic E-state index is 0.122. The Morgan fingerprint density at radius 3 is 2.67 bits per heavy atom. The molecule has 1 aromatic carbocycles. The van der Waals surface area contributed by atoms with Crippen molar-refractivity contribution in [2.24, 2.45) is 5.73 Å². The van der Waals surface area contributed by atoms with Crippen LogP contribution in [0.15, 0.2) is 24.3 Å². The van der Waals surface area contributed by atoms with Crippen LogP contribution >= 0.6 is 0 Å². The monoisotopic (exact) mass is 209 g/mol. The first kappa shape index (κ1) is 11.5. The summed E-state index contributed by atoms with van der Waals surface area (Å²) in [5, 5.41) is 18.2. The molecule has 0 aromatic heterocycles. The SMILES string of the molecule is CC[C@](N)(Cc1cccc(O)c1)C(=O)O. The van der Waals surface area contributed by atoms with Crippen LogP contribution in [0.3, 0.4) is 0 Å². The number of aliphatic carboxylic acids is 1. The van der Waals surface area contributed by atoms with E-state index in [0.29, 0.717) is 6.42 Å². The number of aromatic hydroxyl groups is 1. The smallest absolute Gasteiger partial charge is 0.324 e. The Bertz CT molecular complexity index is 365. The van der Waals surface area contributed by atoms with E-state index in [-0.39, 0.29) is 12.2 Å². The molecule has 0 aliphatic rings. The van der Waals surface area contributed by atoms with Gasteiger partial charge in [0.2, 0.25) is 0 Å². The van der Waals surface area contributed by atoms with Crippen LogP contribution in [0.4, 0.5) is 0 Å². The third-order valence-corrected chi connectivity index (χ3v) is 2.49. The highest BCUT2D eigenvalue weighted by Crippen LogP contribution is 2.18. The molecule has 15 heavy (non-hydrogen) atoms. The quantitative estimate of drug-likeness (QED) is 0.694. The summed E-state index contributed by atoms with van der Waals surface area (Å²) in [4.78, 5) is 11.0. The van der Waals surface area contributed by atoms with Gasteiger partial charge in [-0.2, -0.15) is 0 Å². The first-order valence-electron chi connectivity index (χ1n) is 4.78. The van der Waals surface area contributed by atoms with E-state index >= 15 is 0 Å². The number of benzene rings is 1. The maximum atomic E-state index is 11.0. The normalized spacial score (nSPS) is 14.5. The molecule has 0 heterocycles. The number of carbonyl (C=O) groups is 1. The molecule has 1 rings (SSSR count). The molecule has 0 saturated carbocycles. The van der Waals surface area contributed by atoms with Gasteiger partial charge in [-0.3, -0.25) is 4.79 Å². The van der Waals surface area contributed by atoms with Crippen molar-refractivity contribution in [1.82, 2.24) is 0 Å². The molecule has 0 amide bonds. The van der Waals surface area contributed by atoms with Gasteiger partial charge in [-0.25, -0.2) is 0 Å². The zero-order valence-corrected chi connectivity index (χ0v) is 8.60. The summed E-state index contributed by atoms with van der Waals surface area (Å²) in [6, 6.07) is 6.48. The van der Waals surface area contributed by atoms with Gasteiger partial charge in [-0.1, -0.05) is 19.1 Å². The van der Waals surface area contributed by atoms with E-state index < -0.39 is 11.5 Å². The molecule has 1 aromatic rings. The molecule has 4 N–H and O–H groups in total. The summed E-state index contributed by atoms with van der Waals surface area (Å²) in [6.45, 7) is 1.73. The first-order valence-corrected chi connectivity index (χ1v) is 4.78. The number of hydrogen-bond donors (Lipinski definition) is 3. The lowest BCUT2D eigenvalue weighted by atomic mass is 9.89. The number of carboxylic acids is 1. The van der Waals surface area contributed by atoms with Crippen LogP contribution < -0.4 is 5.73 Å². The highest BCUT2D eigenvalue weighted by molar-refractivity contribution is 5.78. The number of nitrogens with two attached hydrogens (primary N) is 1. The Balaban J connectivity index is 2.89. The summed E-state index contributed by atoms with van der Waals surface area (Å²) in [7, 11) is 0. The lowest BCUT2D eigenvalue weighted by Crippen LogP contribution is -2.49. The van der Waals surface area contributed by atoms with Gasteiger partial charge in [0.1, 0.15) is 11.3 Å². The Labute approximate surface area is 88.3 Å².